The fourth-order valence-electron chi connectivity index (χ4n) is 2.65. The van der Waals surface area contributed by atoms with Crippen LogP contribution in [0.2, 0.25) is 0 Å². The van der Waals surface area contributed by atoms with Gasteiger partial charge in [-0.05, 0) is 6.92 Å². The second-order valence-corrected chi connectivity index (χ2v) is 5.65. The first kappa shape index (κ1) is 15.1. The van der Waals surface area contributed by atoms with E-state index in [0.29, 0.717) is 11.8 Å². The van der Waals surface area contributed by atoms with Crippen molar-refractivity contribution in [2.45, 2.75) is 45.9 Å². The molecule has 0 saturated carbocycles. The number of aryl methyl sites for hydroxylation is 2. The average Bonchev–Trinajstić information content (AvgIpc) is 2.94. The molecule has 3 heterocycles. The molecule has 0 unspecified atom stereocenters. The topological polar surface area (TPSA) is 77.2 Å². The van der Waals surface area contributed by atoms with E-state index in [1.165, 1.54) is 0 Å². The molecular weight excluding hydrogens is 282 g/mol. The number of hydrogen-bond acceptors (Lipinski definition) is 7. The summed E-state index contributed by atoms with van der Waals surface area (Å²) < 4.78 is 11.4. The Morgan fingerprint density at radius 1 is 1.23 bits per heavy atom. The standard InChI is InChI=1S/C15H21N5O2/c1-4-14-16-5-12(6-17-14)8-20-7-10(2)21-13(9-20)15-19-18-11(3)22-15/h5-6,10,13H,4,7-9H2,1-3H3/t10-,13-/m1/s1. The van der Waals surface area contributed by atoms with Crippen LogP contribution in [0.5, 0.6) is 0 Å². The molecule has 0 radical (unpaired) electrons. The van der Waals surface area contributed by atoms with Crippen molar-refractivity contribution in [2.24, 2.45) is 0 Å². The van der Waals surface area contributed by atoms with Gasteiger partial charge in [0.2, 0.25) is 11.8 Å². The van der Waals surface area contributed by atoms with Crippen molar-refractivity contribution in [3.63, 3.8) is 0 Å². The van der Waals surface area contributed by atoms with Gasteiger partial charge in [-0.2, -0.15) is 0 Å². The van der Waals surface area contributed by atoms with E-state index in [1.54, 1.807) is 6.92 Å². The van der Waals surface area contributed by atoms with E-state index in [2.05, 4.69) is 38.9 Å². The van der Waals surface area contributed by atoms with E-state index >= 15 is 0 Å². The summed E-state index contributed by atoms with van der Waals surface area (Å²) in [6.45, 7) is 8.27. The maximum atomic E-state index is 5.92. The zero-order chi connectivity index (χ0) is 15.5. The van der Waals surface area contributed by atoms with Gasteiger partial charge >= 0.3 is 0 Å². The Labute approximate surface area is 129 Å². The quantitative estimate of drug-likeness (QED) is 0.850. The van der Waals surface area contributed by atoms with Gasteiger partial charge in [0.05, 0.1) is 6.10 Å². The molecule has 2 aromatic rings. The molecule has 0 amide bonds. The molecule has 1 aliphatic heterocycles. The lowest BCUT2D eigenvalue weighted by Gasteiger charge is -2.35. The Hall–Kier alpha value is -1.86. The Kier molecular flexibility index (Phi) is 4.44. The zero-order valence-corrected chi connectivity index (χ0v) is 13.2. The molecular formula is C15H21N5O2. The predicted octanol–water partition coefficient (Wildman–Crippen LogP) is 1.69. The molecule has 0 bridgehead atoms. The minimum absolute atomic E-state index is 0.113. The normalized spacial score (nSPS) is 22.9. The summed E-state index contributed by atoms with van der Waals surface area (Å²) in [5, 5.41) is 7.95. The molecule has 0 N–H and O–H groups in total. The minimum atomic E-state index is -0.180. The highest BCUT2D eigenvalue weighted by Gasteiger charge is 2.30. The Morgan fingerprint density at radius 2 is 2.00 bits per heavy atom. The Bertz CT molecular complexity index is 613. The lowest BCUT2D eigenvalue weighted by molar-refractivity contribution is -0.0918. The van der Waals surface area contributed by atoms with Gasteiger partial charge in [-0.25, -0.2) is 9.97 Å². The van der Waals surface area contributed by atoms with Crippen LogP contribution >= 0.6 is 0 Å². The third-order valence-electron chi connectivity index (χ3n) is 3.63. The van der Waals surface area contributed by atoms with Gasteiger partial charge in [-0.15, -0.1) is 10.2 Å². The SMILES string of the molecule is CCc1ncc(CN2C[C@@H](C)O[C@@H](c3nnc(C)o3)C2)cn1. The Balaban J connectivity index is 1.67. The zero-order valence-electron chi connectivity index (χ0n) is 13.2. The molecule has 118 valence electrons. The van der Waals surface area contributed by atoms with E-state index in [4.69, 9.17) is 9.15 Å². The molecule has 3 rings (SSSR count). The molecule has 7 nitrogen and oxygen atoms in total. The van der Waals surface area contributed by atoms with Crippen LogP contribution in [-0.2, 0) is 17.7 Å². The van der Waals surface area contributed by atoms with Crippen LogP contribution in [0.25, 0.3) is 0 Å². The van der Waals surface area contributed by atoms with Crippen LogP contribution in [0.1, 0.15) is 43.1 Å². The number of nitrogens with zero attached hydrogens (tertiary/aromatic N) is 5. The van der Waals surface area contributed by atoms with Crippen LogP contribution in [0.15, 0.2) is 16.8 Å². The van der Waals surface area contributed by atoms with Crippen LogP contribution in [-0.4, -0.2) is 44.3 Å². The van der Waals surface area contributed by atoms with Crippen molar-refractivity contribution in [3.05, 3.63) is 35.6 Å². The van der Waals surface area contributed by atoms with E-state index in [0.717, 1.165) is 37.4 Å². The van der Waals surface area contributed by atoms with Crippen molar-refractivity contribution in [2.75, 3.05) is 13.1 Å². The molecule has 7 heteroatoms. The van der Waals surface area contributed by atoms with Crippen molar-refractivity contribution < 1.29 is 9.15 Å². The van der Waals surface area contributed by atoms with Crippen molar-refractivity contribution >= 4 is 0 Å². The molecule has 0 aromatic carbocycles. The van der Waals surface area contributed by atoms with Gasteiger partial charge in [-0.1, -0.05) is 6.92 Å². The molecule has 2 aromatic heterocycles. The third kappa shape index (κ3) is 3.48. The Morgan fingerprint density at radius 3 is 2.64 bits per heavy atom. The summed E-state index contributed by atoms with van der Waals surface area (Å²) in [4.78, 5) is 11.0. The molecule has 1 aliphatic rings. The van der Waals surface area contributed by atoms with Crippen molar-refractivity contribution in [3.8, 4) is 0 Å². The van der Waals surface area contributed by atoms with Crippen LogP contribution < -0.4 is 0 Å². The largest absolute Gasteiger partial charge is 0.423 e. The summed E-state index contributed by atoms with van der Waals surface area (Å²) in [5.74, 6) is 1.98. The fraction of sp³-hybridized carbons (Fsp3) is 0.600. The van der Waals surface area contributed by atoms with Crippen LogP contribution in [0.3, 0.4) is 0 Å². The maximum Gasteiger partial charge on any atom is 0.246 e. The van der Waals surface area contributed by atoms with Gasteiger partial charge in [-0.3, -0.25) is 4.90 Å². The summed E-state index contributed by atoms with van der Waals surface area (Å²) in [7, 11) is 0. The first-order valence-corrected chi connectivity index (χ1v) is 7.61. The monoisotopic (exact) mass is 303 g/mol. The van der Waals surface area contributed by atoms with E-state index in [9.17, 15) is 0 Å². The van der Waals surface area contributed by atoms with E-state index < -0.39 is 0 Å². The first-order valence-electron chi connectivity index (χ1n) is 7.61. The highest BCUT2D eigenvalue weighted by atomic mass is 16.5. The van der Waals surface area contributed by atoms with Gasteiger partial charge in [0.1, 0.15) is 11.9 Å². The lowest BCUT2D eigenvalue weighted by atomic mass is 10.2. The second kappa shape index (κ2) is 6.50. The summed E-state index contributed by atoms with van der Waals surface area (Å²) in [5.41, 5.74) is 1.10. The van der Waals surface area contributed by atoms with Crippen molar-refractivity contribution in [1.29, 1.82) is 0 Å². The summed E-state index contributed by atoms with van der Waals surface area (Å²) >= 11 is 0. The minimum Gasteiger partial charge on any atom is -0.423 e. The van der Waals surface area contributed by atoms with Crippen LogP contribution in [0.4, 0.5) is 0 Å². The van der Waals surface area contributed by atoms with E-state index in [1.807, 2.05) is 12.4 Å². The van der Waals surface area contributed by atoms with Gasteiger partial charge < -0.3 is 9.15 Å². The third-order valence-corrected chi connectivity index (χ3v) is 3.63. The molecule has 0 spiro atoms. The molecule has 1 saturated heterocycles. The number of aromatic nitrogens is 4. The predicted molar refractivity (Wildman–Crippen MR) is 79.0 cm³/mol. The molecule has 2 atom stereocenters. The van der Waals surface area contributed by atoms with Crippen LogP contribution in [0, 0.1) is 6.92 Å². The van der Waals surface area contributed by atoms with E-state index in [-0.39, 0.29) is 12.2 Å². The summed E-state index contributed by atoms with van der Waals surface area (Å²) in [6.07, 6.45) is 4.59. The lowest BCUT2D eigenvalue weighted by Crippen LogP contribution is -2.42. The summed E-state index contributed by atoms with van der Waals surface area (Å²) in [6, 6.07) is 0. The smallest absolute Gasteiger partial charge is 0.246 e. The highest BCUT2D eigenvalue weighted by molar-refractivity contribution is 5.06. The first-order chi connectivity index (χ1) is 10.6. The highest BCUT2D eigenvalue weighted by Crippen LogP contribution is 2.25. The molecule has 22 heavy (non-hydrogen) atoms. The molecule has 0 aliphatic carbocycles. The fourth-order valence-corrected chi connectivity index (χ4v) is 2.65. The number of morpholine rings is 1. The van der Waals surface area contributed by atoms with Gasteiger partial charge in [0.25, 0.3) is 0 Å². The number of hydrogen-bond donors (Lipinski definition) is 0. The average molecular weight is 303 g/mol. The number of rotatable bonds is 4. The van der Waals surface area contributed by atoms with Gasteiger partial charge in [0, 0.05) is 50.9 Å². The second-order valence-electron chi connectivity index (χ2n) is 5.65. The molecule has 1 fully saturated rings. The number of ether oxygens (including phenoxy) is 1. The van der Waals surface area contributed by atoms with Gasteiger partial charge in [0.15, 0.2) is 0 Å². The maximum absolute atomic E-state index is 5.92. The van der Waals surface area contributed by atoms with Crippen molar-refractivity contribution in [1.82, 2.24) is 25.1 Å².